The van der Waals surface area contributed by atoms with Gasteiger partial charge in [0.2, 0.25) is 0 Å². The van der Waals surface area contributed by atoms with Gasteiger partial charge in [-0.3, -0.25) is 9.59 Å². The molecular weight excluding hydrogens is 244 g/mol. The van der Waals surface area contributed by atoms with Crippen LogP contribution in [0.1, 0.15) is 45.4 Å². The summed E-state index contributed by atoms with van der Waals surface area (Å²) in [6.45, 7) is 2.22. The SMILES string of the molecule is COC(=O)C/C=C/CC1(C(=O)OC)CCC(C)CC1. The minimum absolute atomic E-state index is 0.123. The lowest BCUT2D eigenvalue weighted by Gasteiger charge is -2.36. The van der Waals surface area contributed by atoms with Crippen LogP contribution >= 0.6 is 0 Å². The maximum Gasteiger partial charge on any atom is 0.312 e. The predicted octanol–water partition coefficient (Wildman–Crippen LogP) is 2.87. The Labute approximate surface area is 115 Å². The van der Waals surface area contributed by atoms with Crippen LogP contribution < -0.4 is 0 Å². The Hall–Kier alpha value is -1.32. The normalized spacial score (nSPS) is 27.2. The third kappa shape index (κ3) is 4.37. The number of esters is 2. The summed E-state index contributed by atoms with van der Waals surface area (Å²) in [5, 5.41) is 0. The number of carbonyl (C=O) groups excluding carboxylic acids is 2. The molecule has 0 aliphatic heterocycles. The van der Waals surface area contributed by atoms with Crippen LogP contribution in [0.15, 0.2) is 12.2 Å². The third-order valence-electron chi connectivity index (χ3n) is 4.04. The van der Waals surface area contributed by atoms with E-state index in [9.17, 15) is 9.59 Å². The lowest BCUT2D eigenvalue weighted by Crippen LogP contribution is -2.35. The summed E-state index contributed by atoms with van der Waals surface area (Å²) in [6, 6.07) is 0. The molecule has 0 amide bonds. The highest BCUT2D eigenvalue weighted by Gasteiger charge is 2.40. The second-order valence-corrected chi connectivity index (χ2v) is 5.41. The highest BCUT2D eigenvalue weighted by atomic mass is 16.5. The second-order valence-electron chi connectivity index (χ2n) is 5.41. The summed E-state index contributed by atoms with van der Waals surface area (Å²) in [5.74, 6) is 0.291. The zero-order chi connectivity index (χ0) is 14.3. The van der Waals surface area contributed by atoms with Gasteiger partial charge in [0.15, 0.2) is 0 Å². The molecule has 0 aromatic carbocycles. The zero-order valence-corrected chi connectivity index (χ0v) is 12.1. The van der Waals surface area contributed by atoms with Crippen LogP contribution in [-0.4, -0.2) is 26.2 Å². The van der Waals surface area contributed by atoms with Crippen molar-refractivity contribution >= 4 is 11.9 Å². The first-order valence-corrected chi connectivity index (χ1v) is 6.84. The Bertz CT molecular complexity index is 338. The number of ether oxygens (including phenoxy) is 2. The van der Waals surface area contributed by atoms with Crippen LogP contribution in [0.25, 0.3) is 0 Å². The van der Waals surface area contributed by atoms with Gasteiger partial charge in [-0.15, -0.1) is 0 Å². The molecule has 0 N–H and O–H groups in total. The van der Waals surface area contributed by atoms with Gasteiger partial charge in [0.05, 0.1) is 26.1 Å². The molecule has 1 saturated carbocycles. The fourth-order valence-electron chi connectivity index (χ4n) is 2.59. The summed E-state index contributed by atoms with van der Waals surface area (Å²) in [4.78, 5) is 23.0. The fraction of sp³-hybridized carbons (Fsp3) is 0.733. The second kappa shape index (κ2) is 7.31. The van der Waals surface area contributed by atoms with Gasteiger partial charge in [0, 0.05) is 0 Å². The van der Waals surface area contributed by atoms with E-state index in [1.807, 2.05) is 6.08 Å². The molecule has 1 rings (SSSR count). The molecule has 1 fully saturated rings. The molecule has 0 unspecified atom stereocenters. The Morgan fingerprint density at radius 3 is 2.32 bits per heavy atom. The first kappa shape index (κ1) is 15.7. The quantitative estimate of drug-likeness (QED) is 0.568. The topological polar surface area (TPSA) is 52.6 Å². The van der Waals surface area contributed by atoms with Crippen molar-refractivity contribution in [1.29, 1.82) is 0 Å². The van der Waals surface area contributed by atoms with Gasteiger partial charge in [0.1, 0.15) is 0 Å². The van der Waals surface area contributed by atoms with Crippen LogP contribution in [0.4, 0.5) is 0 Å². The van der Waals surface area contributed by atoms with Crippen LogP contribution in [-0.2, 0) is 19.1 Å². The van der Waals surface area contributed by atoms with E-state index in [0.29, 0.717) is 12.3 Å². The highest BCUT2D eigenvalue weighted by Crippen LogP contribution is 2.42. The predicted molar refractivity (Wildman–Crippen MR) is 72.5 cm³/mol. The van der Waals surface area contributed by atoms with Crippen LogP contribution in [0.3, 0.4) is 0 Å². The van der Waals surface area contributed by atoms with E-state index in [1.54, 1.807) is 6.08 Å². The number of hydrogen-bond acceptors (Lipinski definition) is 4. The lowest BCUT2D eigenvalue weighted by atomic mass is 9.69. The first-order chi connectivity index (χ1) is 9.04. The van der Waals surface area contributed by atoms with Gasteiger partial charge in [-0.1, -0.05) is 19.1 Å². The minimum Gasteiger partial charge on any atom is -0.469 e. The molecule has 0 aromatic rings. The maximum absolute atomic E-state index is 12.0. The van der Waals surface area contributed by atoms with Crippen LogP contribution in [0.2, 0.25) is 0 Å². The molecule has 0 spiro atoms. The molecule has 4 heteroatoms. The maximum atomic E-state index is 12.0. The molecule has 19 heavy (non-hydrogen) atoms. The highest BCUT2D eigenvalue weighted by molar-refractivity contribution is 5.77. The summed E-state index contributed by atoms with van der Waals surface area (Å²) in [6.07, 6.45) is 8.42. The fourth-order valence-corrected chi connectivity index (χ4v) is 2.59. The monoisotopic (exact) mass is 268 g/mol. The van der Waals surface area contributed by atoms with Crippen molar-refractivity contribution in [2.24, 2.45) is 11.3 Å². The smallest absolute Gasteiger partial charge is 0.312 e. The molecule has 4 nitrogen and oxygen atoms in total. The third-order valence-corrected chi connectivity index (χ3v) is 4.04. The van der Waals surface area contributed by atoms with Gasteiger partial charge < -0.3 is 9.47 Å². The van der Waals surface area contributed by atoms with Gasteiger partial charge in [-0.05, 0) is 38.0 Å². The first-order valence-electron chi connectivity index (χ1n) is 6.84. The number of hydrogen-bond donors (Lipinski definition) is 0. The standard InChI is InChI=1S/C15H24O4/c1-12-7-10-15(11-8-12,14(17)19-3)9-5-4-6-13(16)18-2/h4-5,12H,6-11H2,1-3H3/b5-4+. The molecular formula is C15H24O4. The van der Waals surface area contributed by atoms with Gasteiger partial charge in [0.25, 0.3) is 0 Å². The average molecular weight is 268 g/mol. The van der Waals surface area contributed by atoms with Crippen molar-refractivity contribution in [1.82, 2.24) is 0 Å². The van der Waals surface area contributed by atoms with Crippen molar-refractivity contribution in [3.8, 4) is 0 Å². The molecule has 108 valence electrons. The van der Waals surface area contributed by atoms with E-state index >= 15 is 0 Å². The van der Waals surface area contributed by atoms with E-state index in [-0.39, 0.29) is 18.4 Å². The Morgan fingerprint density at radius 2 is 1.79 bits per heavy atom. The van der Waals surface area contributed by atoms with Crippen molar-refractivity contribution in [2.75, 3.05) is 14.2 Å². The number of methoxy groups -OCH3 is 2. The van der Waals surface area contributed by atoms with Crippen molar-refractivity contribution in [2.45, 2.75) is 45.4 Å². The molecule has 0 aromatic heterocycles. The Morgan fingerprint density at radius 1 is 1.16 bits per heavy atom. The largest absolute Gasteiger partial charge is 0.469 e. The van der Waals surface area contributed by atoms with Gasteiger partial charge >= 0.3 is 11.9 Å². The minimum atomic E-state index is -0.395. The molecule has 1 aliphatic rings. The molecule has 0 atom stereocenters. The molecule has 1 aliphatic carbocycles. The molecule has 0 saturated heterocycles. The van der Waals surface area contributed by atoms with E-state index < -0.39 is 5.41 Å². The lowest BCUT2D eigenvalue weighted by molar-refractivity contribution is -0.155. The number of rotatable bonds is 5. The van der Waals surface area contributed by atoms with E-state index in [4.69, 9.17) is 4.74 Å². The van der Waals surface area contributed by atoms with Crippen molar-refractivity contribution < 1.29 is 19.1 Å². The van der Waals surface area contributed by atoms with Crippen LogP contribution in [0.5, 0.6) is 0 Å². The number of carbonyl (C=O) groups is 2. The summed E-state index contributed by atoms with van der Waals surface area (Å²) >= 11 is 0. The Kier molecular flexibility index (Phi) is 6.06. The molecule has 0 bridgehead atoms. The van der Waals surface area contributed by atoms with E-state index in [0.717, 1.165) is 25.7 Å². The van der Waals surface area contributed by atoms with E-state index in [1.165, 1.54) is 14.2 Å². The van der Waals surface area contributed by atoms with Crippen molar-refractivity contribution in [3.05, 3.63) is 12.2 Å². The summed E-state index contributed by atoms with van der Waals surface area (Å²) in [7, 11) is 2.81. The number of allylic oxidation sites excluding steroid dienone is 1. The van der Waals surface area contributed by atoms with Crippen LogP contribution in [0, 0.1) is 11.3 Å². The summed E-state index contributed by atoms with van der Waals surface area (Å²) in [5.41, 5.74) is -0.395. The van der Waals surface area contributed by atoms with Crippen molar-refractivity contribution in [3.63, 3.8) is 0 Å². The molecule has 0 heterocycles. The zero-order valence-electron chi connectivity index (χ0n) is 12.1. The Balaban J connectivity index is 2.60. The van der Waals surface area contributed by atoms with E-state index in [2.05, 4.69) is 11.7 Å². The summed E-state index contributed by atoms with van der Waals surface area (Å²) < 4.78 is 9.53. The average Bonchev–Trinajstić information content (AvgIpc) is 2.44. The van der Waals surface area contributed by atoms with Gasteiger partial charge in [-0.2, -0.15) is 0 Å². The molecule has 0 radical (unpaired) electrons. The van der Waals surface area contributed by atoms with Gasteiger partial charge in [-0.25, -0.2) is 0 Å².